The van der Waals surface area contributed by atoms with Gasteiger partial charge >= 0.3 is 5.97 Å². The summed E-state index contributed by atoms with van der Waals surface area (Å²) in [6.07, 6.45) is 0.312. The van der Waals surface area contributed by atoms with Crippen LogP contribution in [0.4, 0.5) is 0 Å². The van der Waals surface area contributed by atoms with E-state index in [9.17, 15) is 10.1 Å². The van der Waals surface area contributed by atoms with Crippen molar-refractivity contribution >= 4 is 17.3 Å². The van der Waals surface area contributed by atoms with Gasteiger partial charge in [0.25, 0.3) is 0 Å². The summed E-state index contributed by atoms with van der Waals surface area (Å²) in [6.45, 7) is 16.6. The fraction of sp³-hybridized carbons (Fsp3) is 0.500. The molecule has 0 saturated carbocycles. The molecule has 0 N–H and O–H groups in total. The van der Waals surface area contributed by atoms with E-state index in [4.69, 9.17) is 9.47 Å². The third-order valence-electron chi connectivity index (χ3n) is 5.32. The Morgan fingerprint density at radius 3 is 2.28 bits per heavy atom. The molecule has 0 aliphatic heterocycles. The van der Waals surface area contributed by atoms with Crippen LogP contribution in [0, 0.1) is 31.1 Å². The third kappa shape index (κ3) is 6.00. The van der Waals surface area contributed by atoms with Crippen molar-refractivity contribution in [2.75, 3.05) is 6.79 Å². The predicted octanol–water partition coefficient (Wildman–Crippen LogP) is 5.77. The predicted molar refractivity (Wildman–Crippen MR) is 126 cm³/mol. The molecular weight excluding hydrogens is 402 g/mol. The number of allylic oxidation sites excluding steroid dienone is 1. The van der Waals surface area contributed by atoms with Gasteiger partial charge in [-0.2, -0.15) is 10.4 Å². The Balaban J connectivity index is 2.54. The van der Waals surface area contributed by atoms with E-state index in [0.717, 1.165) is 22.5 Å². The quantitative estimate of drug-likeness (QED) is 0.227. The van der Waals surface area contributed by atoms with Gasteiger partial charge in [0.05, 0.1) is 5.69 Å². The maximum absolute atomic E-state index is 12.0. The summed E-state index contributed by atoms with van der Waals surface area (Å²) in [5.41, 5.74) is 4.81. The first-order chi connectivity index (χ1) is 15.0. The summed E-state index contributed by atoms with van der Waals surface area (Å²) in [6, 6.07) is 10.2. The second-order valence-electron chi connectivity index (χ2n) is 9.39. The lowest BCUT2D eigenvalue weighted by molar-refractivity contribution is -0.152. The fourth-order valence-corrected chi connectivity index (χ4v) is 3.38. The van der Waals surface area contributed by atoms with Crippen LogP contribution >= 0.6 is 0 Å². The van der Waals surface area contributed by atoms with E-state index in [1.54, 1.807) is 0 Å². The molecule has 1 aromatic heterocycles. The van der Waals surface area contributed by atoms with Crippen molar-refractivity contribution in [3.8, 4) is 6.07 Å². The summed E-state index contributed by atoms with van der Waals surface area (Å²) < 4.78 is 13.1. The summed E-state index contributed by atoms with van der Waals surface area (Å²) in [4.78, 5) is 12.0. The maximum atomic E-state index is 12.0. The number of hydrogen-bond donors (Lipinski definition) is 0. The minimum Gasteiger partial charge on any atom is -0.454 e. The minimum absolute atomic E-state index is 0.00747. The van der Waals surface area contributed by atoms with E-state index in [1.165, 1.54) is 5.56 Å². The van der Waals surface area contributed by atoms with E-state index in [1.807, 2.05) is 63.6 Å². The summed E-state index contributed by atoms with van der Waals surface area (Å²) in [7, 11) is 0. The lowest BCUT2D eigenvalue weighted by Gasteiger charge is -2.20. The standard InChI is InChI=1S/C26H35N3O3/c1-9-29-24(18(4)19(5)28-29)25(32-16-31-23(30)14-17(2)3)22(15-27)20-10-12-21(13-11-20)26(6,7)8/h10-13,17H,9,14,16H2,1-8H3/b25-22-. The van der Waals surface area contributed by atoms with Gasteiger partial charge in [0.15, 0.2) is 5.76 Å². The fourth-order valence-electron chi connectivity index (χ4n) is 3.38. The van der Waals surface area contributed by atoms with Gasteiger partial charge in [0.2, 0.25) is 6.79 Å². The lowest BCUT2D eigenvalue weighted by atomic mass is 9.86. The van der Waals surface area contributed by atoms with Crippen molar-refractivity contribution in [3.05, 3.63) is 52.3 Å². The number of hydrogen-bond acceptors (Lipinski definition) is 5. The number of nitrogens with zero attached hydrogens (tertiary/aromatic N) is 3. The SMILES string of the molecule is CCn1nc(C)c(C)c1/C(OCOC(=O)CC(C)C)=C(\C#N)c1ccc(C(C)(C)C)cc1. The van der Waals surface area contributed by atoms with Gasteiger partial charge in [-0.25, -0.2) is 0 Å². The molecule has 2 aromatic rings. The van der Waals surface area contributed by atoms with Crippen molar-refractivity contribution in [1.29, 1.82) is 5.26 Å². The normalized spacial score (nSPS) is 12.4. The van der Waals surface area contributed by atoms with Crippen LogP contribution in [0.25, 0.3) is 11.3 Å². The Labute approximate surface area is 191 Å². The highest BCUT2D eigenvalue weighted by Crippen LogP contribution is 2.32. The molecule has 0 fully saturated rings. The van der Waals surface area contributed by atoms with Crippen molar-refractivity contribution in [1.82, 2.24) is 9.78 Å². The van der Waals surface area contributed by atoms with Crippen LogP contribution in [0.5, 0.6) is 0 Å². The van der Waals surface area contributed by atoms with Gasteiger partial charge in [-0.15, -0.1) is 0 Å². The van der Waals surface area contributed by atoms with Gasteiger partial charge in [0.1, 0.15) is 17.3 Å². The molecule has 6 nitrogen and oxygen atoms in total. The Morgan fingerprint density at radius 1 is 1.16 bits per heavy atom. The summed E-state index contributed by atoms with van der Waals surface area (Å²) in [5, 5.41) is 14.7. The van der Waals surface area contributed by atoms with Gasteiger partial charge in [-0.3, -0.25) is 9.48 Å². The third-order valence-corrected chi connectivity index (χ3v) is 5.32. The molecule has 2 rings (SSSR count). The molecule has 0 aliphatic carbocycles. The molecular formula is C26H35N3O3. The molecule has 0 unspecified atom stereocenters. The zero-order valence-corrected chi connectivity index (χ0v) is 20.6. The average molecular weight is 438 g/mol. The summed E-state index contributed by atoms with van der Waals surface area (Å²) >= 11 is 0. The van der Waals surface area contributed by atoms with Crippen LogP contribution < -0.4 is 0 Å². The van der Waals surface area contributed by atoms with Crippen molar-refractivity contribution in [3.63, 3.8) is 0 Å². The molecule has 32 heavy (non-hydrogen) atoms. The number of ether oxygens (including phenoxy) is 2. The first-order valence-electron chi connectivity index (χ1n) is 11.1. The molecule has 0 saturated heterocycles. The second kappa shape index (κ2) is 10.5. The highest BCUT2D eigenvalue weighted by atomic mass is 16.7. The topological polar surface area (TPSA) is 77.1 Å². The molecule has 172 valence electrons. The number of carbonyl (C=O) groups excluding carboxylic acids is 1. The van der Waals surface area contributed by atoms with E-state index in [-0.39, 0.29) is 24.1 Å². The van der Waals surface area contributed by atoms with Crippen molar-refractivity contribution < 1.29 is 14.3 Å². The van der Waals surface area contributed by atoms with Gasteiger partial charge in [-0.05, 0) is 43.2 Å². The van der Waals surface area contributed by atoms with Gasteiger partial charge in [-0.1, -0.05) is 58.9 Å². The minimum atomic E-state index is -0.329. The molecule has 0 amide bonds. The summed E-state index contributed by atoms with van der Waals surface area (Å²) in [5.74, 6) is 0.234. The monoisotopic (exact) mass is 437 g/mol. The number of esters is 1. The number of nitriles is 1. The number of carbonyl (C=O) groups is 1. The Kier molecular flexibility index (Phi) is 8.26. The van der Waals surface area contributed by atoms with E-state index < -0.39 is 0 Å². The van der Waals surface area contributed by atoms with Crippen molar-refractivity contribution in [2.24, 2.45) is 5.92 Å². The van der Waals surface area contributed by atoms with Crippen LogP contribution in [-0.2, 0) is 26.2 Å². The highest BCUT2D eigenvalue weighted by molar-refractivity contribution is 5.94. The molecule has 1 aromatic carbocycles. The first-order valence-corrected chi connectivity index (χ1v) is 11.1. The molecule has 0 aliphatic rings. The van der Waals surface area contributed by atoms with Crippen LogP contribution in [-0.4, -0.2) is 22.5 Å². The first kappa shape index (κ1) is 25.2. The Hall–Kier alpha value is -3.07. The Morgan fingerprint density at radius 2 is 1.78 bits per heavy atom. The second-order valence-corrected chi connectivity index (χ2v) is 9.39. The zero-order valence-electron chi connectivity index (χ0n) is 20.6. The Bertz CT molecular complexity index is 1020. The highest BCUT2D eigenvalue weighted by Gasteiger charge is 2.23. The molecule has 0 bridgehead atoms. The smallest absolute Gasteiger partial charge is 0.308 e. The number of benzene rings is 1. The van der Waals surface area contributed by atoms with Crippen LogP contribution in [0.1, 0.15) is 76.0 Å². The zero-order chi connectivity index (χ0) is 24.1. The largest absolute Gasteiger partial charge is 0.454 e. The number of rotatable bonds is 8. The molecule has 0 atom stereocenters. The van der Waals surface area contributed by atoms with E-state index in [0.29, 0.717) is 24.3 Å². The van der Waals surface area contributed by atoms with Gasteiger partial charge in [0, 0.05) is 18.5 Å². The molecule has 0 spiro atoms. The maximum Gasteiger partial charge on any atom is 0.308 e. The van der Waals surface area contributed by atoms with E-state index >= 15 is 0 Å². The molecule has 6 heteroatoms. The average Bonchev–Trinajstić information content (AvgIpc) is 3.00. The van der Waals surface area contributed by atoms with Crippen LogP contribution in [0.3, 0.4) is 0 Å². The van der Waals surface area contributed by atoms with Crippen LogP contribution in [0.15, 0.2) is 24.3 Å². The molecule has 1 heterocycles. The van der Waals surface area contributed by atoms with Gasteiger partial charge < -0.3 is 9.47 Å². The van der Waals surface area contributed by atoms with Crippen molar-refractivity contribution in [2.45, 2.75) is 73.8 Å². The number of aryl methyl sites for hydroxylation is 2. The lowest BCUT2D eigenvalue weighted by Crippen LogP contribution is -2.13. The van der Waals surface area contributed by atoms with E-state index in [2.05, 4.69) is 31.9 Å². The molecule has 0 radical (unpaired) electrons. The van der Waals surface area contributed by atoms with Crippen LogP contribution in [0.2, 0.25) is 0 Å². The number of aromatic nitrogens is 2.